The van der Waals surface area contributed by atoms with Crippen LogP contribution in [0, 0.1) is 5.92 Å². The van der Waals surface area contributed by atoms with Crippen molar-refractivity contribution >= 4 is 27.4 Å². The van der Waals surface area contributed by atoms with Gasteiger partial charge in [-0.05, 0) is 43.6 Å². The summed E-state index contributed by atoms with van der Waals surface area (Å²) in [6.45, 7) is 8.74. The van der Waals surface area contributed by atoms with E-state index < -0.39 is 0 Å². The molecule has 0 amide bonds. The summed E-state index contributed by atoms with van der Waals surface area (Å²) in [6, 6.07) is 0. The lowest BCUT2D eigenvalue weighted by Gasteiger charge is -2.36. The Labute approximate surface area is 159 Å². The van der Waals surface area contributed by atoms with Crippen molar-refractivity contribution in [2.75, 3.05) is 44.2 Å². The molecule has 2 fully saturated rings. The third-order valence-electron chi connectivity index (χ3n) is 6.23. The largest absolute Gasteiger partial charge is 0.377 e. The topological polar surface area (TPSA) is 41.5 Å². The molecule has 1 aliphatic carbocycles. The smallest absolute Gasteiger partial charge is 0.141 e. The molecule has 2 unspecified atom stereocenters. The lowest BCUT2D eigenvalue weighted by atomic mass is 9.89. The molecule has 26 heavy (non-hydrogen) atoms. The Hall–Kier alpha value is -1.24. The van der Waals surface area contributed by atoms with Crippen molar-refractivity contribution in [2.45, 2.75) is 45.1 Å². The van der Waals surface area contributed by atoms with Crippen LogP contribution in [0.1, 0.15) is 36.6 Å². The van der Waals surface area contributed by atoms with Crippen LogP contribution in [0.3, 0.4) is 0 Å². The second kappa shape index (κ2) is 7.06. The Morgan fingerprint density at radius 2 is 2.08 bits per heavy atom. The lowest BCUT2D eigenvalue weighted by Crippen LogP contribution is -2.48. The predicted octanol–water partition coefficient (Wildman–Crippen LogP) is 3.12. The Morgan fingerprint density at radius 3 is 2.88 bits per heavy atom. The maximum Gasteiger partial charge on any atom is 0.141 e. The summed E-state index contributed by atoms with van der Waals surface area (Å²) in [5.41, 5.74) is 1.54. The summed E-state index contributed by atoms with van der Waals surface area (Å²) in [4.78, 5) is 17.1. The van der Waals surface area contributed by atoms with E-state index in [2.05, 4.69) is 21.7 Å². The molecular formula is C20H28N4OS. The van der Waals surface area contributed by atoms with Gasteiger partial charge in [-0.1, -0.05) is 6.92 Å². The molecule has 6 heteroatoms. The SMILES string of the molecule is CC1CCc2c(sc3ncnc(N4CCN(CC5CCCO5)CC4)c23)C1. The molecule has 0 bridgehead atoms. The number of hydrogen-bond acceptors (Lipinski definition) is 6. The van der Waals surface area contributed by atoms with Gasteiger partial charge >= 0.3 is 0 Å². The maximum absolute atomic E-state index is 5.81. The summed E-state index contributed by atoms with van der Waals surface area (Å²) in [7, 11) is 0. The summed E-state index contributed by atoms with van der Waals surface area (Å²) < 4.78 is 5.81. The highest BCUT2D eigenvalue weighted by molar-refractivity contribution is 7.19. The van der Waals surface area contributed by atoms with E-state index in [4.69, 9.17) is 9.72 Å². The molecule has 0 radical (unpaired) electrons. The highest BCUT2D eigenvalue weighted by Gasteiger charge is 2.27. The van der Waals surface area contributed by atoms with Crippen LogP contribution < -0.4 is 4.90 Å². The minimum absolute atomic E-state index is 0.457. The second-order valence-electron chi connectivity index (χ2n) is 8.15. The first kappa shape index (κ1) is 16.9. The minimum atomic E-state index is 0.457. The third-order valence-corrected chi connectivity index (χ3v) is 7.39. The van der Waals surface area contributed by atoms with Gasteiger partial charge in [0.25, 0.3) is 0 Å². The quantitative estimate of drug-likeness (QED) is 0.828. The number of thiophene rings is 1. The van der Waals surface area contributed by atoms with Crippen LogP contribution in [0.4, 0.5) is 5.82 Å². The van der Waals surface area contributed by atoms with Gasteiger partial charge in [0.2, 0.25) is 0 Å². The molecule has 5 nitrogen and oxygen atoms in total. The number of nitrogens with zero attached hydrogens (tertiary/aromatic N) is 4. The molecule has 5 rings (SSSR count). The Kier molecular flexibility index (Phi) is 4.59. The van der Waals surface area contributed by atoms with Crippen molar-refractivity contribution < 1.29 is 4.74 Å². The summed E-state index contributed by atoms with van der Waals surface area (Å²) in [5.74, 6) is 1.98. The number of hydrogen-bond donors (Lipinski definition) is 0. The van der Waals surface area contributed by atoms with Gasteiger partial charge in [-0.2, -0.15) is 0 Å². The van der Waals surface area contributed by atoms with E-state index in [-0.39, 0.29) is 0 Å². The van der Waals surface area contributed by atoms with Crippen LogP contribution in [0.5, 0.6) is 0 Å². The van der Waals surface area contributed by atoms with Crippen LogP contribution in [0.15, 0.2) is 6.33 Å². The van der Waals surface area contributed by atoms with Crippen molar-refractivity contribution in [1.29, 1.82) is 0 Å². The van der Waals surface area contributed by atoms with E-state index in [1.807, 2.05) is 11.3 Å². The van der Waals surface area contributed by atoms with E-state index in [0.717, 1.165) is 45.2 Å². The van der Waals surface area contributed by atoms with Gasteiger partial charge in [0.05, 0.1) is 11.5 Å². The monoisotopic (exact) mass is 372 g/mol. The van der Waals surface area contributed by atoms with E-state index in [9.17, 15) is 0 Å². The zero-order valence-corrected chi connectivity index (χ0v) is 16.4. The van der Waals surface area contributed by atoms with Crippen LogP contribution >= 0.6 is 11.3 Å². The van der Waals surface area contributed by atoms with Gasteiger partial charge in [-0.25, -0.2) is 9.97 Å². The van der Waals surface area contributed by atoms with Gasteiger partial charge < -0.3 is 9.64 Å². The van der Waals surface area contributed by atoms with Gasteiger partial charge in [0.15, 0.2) is 0 Å². The first-order chi connectivity index (χ1) is 12.8. The number of piperazine rings is 1. The number of anilines is 1. The second-order valence-corrected chi connectivity index (χ2v) is 9.24. The van der Waals surface area contributed by atoms with Crippen LogP contribution in [-0.2, 0) is 17.6 Å². The fourth-order valence-corrected chi connectivity index (χ4v) is 6.06. The van der Waals surface area contributed by atoms with E-state index in [1.165, 1.54) is 48.1 Å². The molecule has 2 saturated heterocycles. The average Bonchev–Trinajstić information content (AvgIpc) is 3.29. The van der Waals surface area contributed by atoms with Crippen LogP contribution in [-0.4, -0.2) is 60.3 Å². The molecule has 2 aliphatic heterocycles. The van der Waals surface area contributed by atoms with Crippen molar-refractivity contribution in [2.24, 2.45) is 5.92 Å². The van der Waals surface area contributed by atoms with Gasteiger partial charge in [-0.15, -0.1) is 11.3 Å². The summed E-state index contributed by atoms with van der Waals surface area (Å²) in [5, 5.41) is 1.35. The van der Waals surface area contributed by atoms with Crippen LogP contribution in [0.2, 0.25) is 0 Å². The Morgan fingerprint density at radius 1 is 1.19 bits per heavy atom. The van der Waals surface area contributed by atoms with Gasteiger partial charge in [0, 0.05) is 44.2 Å². The Bertz CT molecular complexity index is 777. The molecule has 0 saturated carbocycles. The molecule has 2 atom stereocenters. The van der Waals surface area contributed by atoms with Crippen molar-refractivity contribution in [1.82, 2.24) is 14.9 Å². The van der Waals surface area contributed by atoms with Crippen molar-refractivity contribution in [3.63, 3.8) is 0 Å². The summed E-state index contributed by atoms with van der Waals surface area (Å²) >= 11 is 1.90. The molecule has 0 N–H and O–H groups in total. The van der Waals surface area contributed by atoms with E-state index in [0.29, 0.717) is 6.10 Å². The van der Waals surface area contributed by atoms with Gasteiger partial charge in [0.1, 0.15) is 17.0 Å². The first-order valence-corrected chi connectivity index (χ1v) is 10.9. The number of ether oxygens (including phenoxy) is 1. The van der Waals surface area contributed by atoms with Crippen LogP contribution in [0.25, 0.3) is 10.2 Å². The van der Waals surface area contributed by atoms with Crippen molar-refractivity contribution in [3.8, 4) is 0 Å². The average molecular weight is 373 g/mol. The zero-order chi connectivity index (χ0) is 17.5. The number of fused-ring (bicyclic) bond motifs is 3. The van der Waals surface area contributed by atoms with E-state index in [1.54, 1.807) is 16.8 Å². The molecule has 3 aliphatic rings. The normalized spacial score (nSPS) is 27.2. The summed E-state index contributed by atoms with van der Waals surface area (Å²) in [6.07, 6.45) is 8.38. The first-order valence-electron chi connectivity index (χ1n) is 10.1. The van der Waals surface area contributed by atoms with E-state index >= 15 is 0 Å². The number of rotatable bonds is 3. The molecule has 2 aromatic rings. The molecular weight excluding hydrogens is 344 g/mol. The highest BCUT2D eigenvalue weighted by Crippen LogP contribution is 2.40. The fraction of sp³-hybridized carbons (Fsp3) is 0.700. The molecule has 4 heterocycles. The molecule has 2 aromatic heterocycles. The standard InChI is InChI=1S/C20H28N4OS/c1-14-4-5-16-17(11-14)26-20-18(16)19(21-13-22-20)24-8-6-23(7-9-24)12-15-3-2-10-25-15/h13-15H,2-12H2,1H3. The number of aromatic nitrogens is 2. The molecule has 0 aromatic carbocycles. The van der Waals surface area contributed by atoms with Gasteiger partial charge in [-0.3, -0.25) is 4.90 Å². The molecule has 140 valence electrons. The Balaban J connectivity index is 1.35. The van der Waals surface area contributed by atoms with Crippen molar-refractivity contribution in [3.05, 3.63) is 16.8 Å². The lowest BCUT2D eigenvalue weighted by molar-refractivity contribution is 0.0712. The maximum atomic E-state index is 5.81. The fourth-order valence-electron chi connectivity index (χ4n) is 4.72. The number of aryl methyl sites for hydroxylation is 1. The predicted molar refractivity (Wildman–Crippen MR) is 106 cm³/mol. The zero-order valence-electron chi connectivity index (χ0n) is 15.6. The highest BCUT2D eigenvalue weighted by atomic mass is 32.1. The molecule has 0 spiro atoms. The third kappa shape index (κ3) is 3.12. The minimum Gasteiger partial charge on any atom is -0.377 e.